The van der Waals surface area contributed by atoms with Gasteiger partial charge < -0.3 is 9.63 Å². The minimum absolute atomic E-state index is 0.164. The average Bonchev–Trinajstić information content (AvgIpc) is 3.01. The first-order chi connectivity index (χ1) is 13.3. The topological polar surface area (TPSA) is 105 Å². The summed E-state index contributed by atoms with van der Waals surface area (Å²) < 4.78 is 34.2. The predicted octanol–water partition coefficient (Wildman–Crippen LogP) is 3.09. The van der Waals surface area contributed by atoms with Gasteiger partial charge in [-0.2, -0.15) is 0 Å². The molecule has 0 atom stereocenters. The van der Waals surface area contributed by atoms with Crippen LogP contribution in [0.2, 0.25) is 0 Å². The smallest absolute Gasteiger partial charge is 0.241 e. The van der Waals surface area contributed by atoms with E-state index in [-0.39, 0.29) is 17.0 Å². The van der Waals surface area contributed by atoms with Crippen LogP contribution in [-0.2, 0) is 10.0 Å². The van der Waals surface area contributed by atoms with Crippen LogP contribution in [0.25, 0.3) is 22.0 Å². The Kier molecular flexibility index (Phi) is 4.95. The fourth-order valence-corrected chi connectivity index (χ4v) is 5.38. The molecule has 7 nitrogen and oxygen atoms in total. The summed E-state index contributed by atoms with van der Waals surface area (Å²) in [6.45, 7) is 3.67. The molecule has 148 valence electrons. The Morgan fingerprint density at radius 1 is 1.18 bits per heavy atom. The number of hydrogen-bond acceptors (Lipinski definition) is 6. The van der Waals surface area contributed by atoms with Crippen molar-refractivity contribution in [3.63, 3.8) is 0 Å². The highest BCUT2D eigenvalue weighted by Gasteiger charge is 2.26. The van der Waals surface area contributed by atoms with Crippen LogP contribution in [0.15, 0.2) is 39.9 Å². The van der Waals surface area contributed by atoms with Gasteiger partial charge in [0.2, 0.25) is 10.0 Å². The standard InChI is InChI=1S/C20H23N3O4S/c1-12-20(13(2)27-22-12)14-10-17-18(21-11-14)4-3-5-19(17)28(25,26)23-15-6-8-16(24)9-7-15/h3-5,10-11,15-16,23-24H,6-9H2,1-2H3. The molecule has 0 aliphatic heterocycles. The number of nitrogens with zero attached hydrogens (tertiary/aromatic N) is 2. The monoisotopic (exact) mass is 401 g/mol. The molecular weight excluding hydrogens is 378 g/mol. The van der Waals surface area contributed by atoms with Crippen LogP contribution in [0.4, 0.5) is 0 Å². The SMILES string of the molecule is Cc1noc(C)c1-c1cnc2cccc(S(=O)(=O)NC3CCC(O)CC3)c2c1. The lowest BCUT2D eigenvalue weighted by atomic mass is 9.94. The van der Waals surface area contributed by atoms with Crippen molar-refractivity contribution in [2.45, 2.75) is 56.6 Å². The Labute approximate surface area is 163 Å². The van der Waals surface area contributed by atoms with Gasteiger partial charge >= 0.3 is 0 Å². The highest BCUT2D eigenvalue weighted by atomic mass is 32.2. The second-order valence-electron chi connectivity index (χ2n) is 7.37. The Balaban J connectivity index is 1.75. The largest absolute Gasteiger partial charge is 0.393 e. The van der Waals surface area contributed by atoms with E-state index < -0.39 is 10.0 Å². The fourth-order valence-electron chi connectivity index (χ4n) is 3.86. The van der Waals surface area contributed by atoms with Crippen LogP contribution in [0.3, 0.4) is 0 Å². The summed E-state index contributed by atoms with van der Waals surface area (Å²) in [6.07, 6.45) is 3.86. The van der Waals surface area contributed by atoms with Crippen LogP contribution in [0.1, 0.15) is 37.1 Å². The Bertz CT molecular complexity index is 1100. The second-order valence-corrected chi connectivity index (χ2v) is 9.06. The van der Waals surface area contributed by atoms with Gasteiger partial charge in [-0.3, -0.25) is 4.98 Å². The highest BCUT2D eigenvalue weighted by molar-refractivity contribution is 7.89. The second kappa shape index (κ2) is 7.27. The van der Waals surface area contributed by atoms with Crippen LogP contribution in [-0.4, -0.2) is 35.8 Å². The molecule has 0 saturated heterocycles. The van der Waals surface area contributed by atoms with E-state index in [1.54, 1.807) is 24.4 Å². The van der Waals surface area contributed by atoms with E-state index in [0.717, 1.165) is 16.8 Å². The summed E-state index contributed by atoms with van der Waals surface area (Å²) in [5.41, 5.74) is 2.94. The van der Waals surface area contributed by atoms with Crippen LogP contribution in [0, 0.1) is 13.8 Å². The molecule has 1 aromatic carbocycles. The quantitative estimate of drug-likeness (QED) is 0.696. The van der Waals surface area contributed by atoms with Gasteiger partial charge in [0, 0.05) is 28.8 Å². The zero-order chi connectivity index (χ0) is 19.9. The van der Waals surface area contributed by atoms with Gasteiger partial charge in [-0.05, 0) is 57.7 Å². The van der Waals surface area contributed by atoms with Crippen molar-refractivity contribution in [1.29, 1.82) is 0 Å². The summed E-state index contributed by atoms with van der Waals surface area (Å²) >= 11 is 0. The fraction of sp³-hybridized carbons (Fsp3) is 0.400. The van der Waals surface area contributed by atoms with Gasteiger partial charge in [0.05, 0.1) is 22.2 Å². The number of benzene rings is 1. The molecule has 2 heterocycles. The molecule has 1 aliphatic carbocycles. The predicted molar refractivity (Wildman–Crippen MR) is 105 cm³/mol. The summed E-state index contributed by atoms with van der Waals surface area (Å²) in [5, 5.41) is 14.2. The van der Waals surface area contributed by atoms with Crippen LogP contribution >= 0.6 is 0 Å². The van der Waals surface area contributed by atoms with E-state index in [0.29, 0.717) is 42.3 Å². The molecule has 1 fully saturated rings. The van der Waals surface area contributed by atoms with Crippen molar-refractivity contribution in [1.82, 2.24) is 14.9 Å². The van der Waals surface area contributed by atoms with E-state index in [1.807, 2.05) is 19.9 Å². The first-order valence-corrected chi connectivity index (χ1v) is 10.9. The molecule has 3 aromatic rings. The van der Waals surface area contributed by atoms with Gasteiger partial charge in [0.15, 0.2) is 0 Å². The van der Waals surface area contributed by atoms with Crippen molar-refractivity contribution < 1.29 is 18.0 Å². The van der Waals surface area contributed by atoms with Crippen LogP contribution < -0.4 is 4.72 Å². The molecule has 1 saturated carbocycles. The van der Waals surface area contributed by atoms with E-state index in [1.165, 1.54) is 0 Å². The van der Waals surface area contributed by atoms with E-state index in [2.05, 4.69) is 14.9 Å². The number of aryl methyl sites for hydroxylation is 2. The molecular formula is C20H23N3O4S. The third-order valence-electron chi connectivity index (χ3n) is 5.32. The Morgan fingerprint density at radius 2 is 1.93 bits per heavy atom. The molecule has 2 aromatic heterocycles. The first kappa shape index (κ1) is 19.0. The number of nitrogens with one attached hydrogen (secondary N) is 1. The number of aromatic nitrogens is 2. The van der Waals surface area contributed by atoms with E-state index in [9.17, 15) is 13.5 Å². The van der Waals surface area contributed by atoms with Crippen molar-refractivity contribution in [2.75, 3.05) is 0 Å². The first-order valence-electron chi connectivity index (χ1n) is 9.37. The van der Waals surface area contributed by atoms with Gasteiger partial charge in [-0.15, -0.1) is 0 Å². The summed E-state index contributed by atoms with van der Waals surface area (Å²) in [4.78, 5) is 4.66. The molecule has 2 N–H and O–H groups in total. The lowest BCUT2D eigenvalue weighted by molar-refractivity contribution is 0.120. The third kappa shape index (κ3) is 3.55. The van der Waals surface area contributed by atoms with E-state index in [4.69, 9.17) is 4.52 Å². The van der Waals surface area contributed by atoms with Crippen molar-refractivity contribution in [3.05, 3.63) is 41.9 Å². The maximum Gasteiger partial charge on any atom is 0.241 e. The maximum absolute atomic E-state index is 13.1. The molecule has 0 spiro atoms. The number of rotatable bonds is 4. The van der Waals surface area contributed by atoms with Crippen LogP contribution in [0.5, 0.6) is 0 Å². The normalized spacial score (nSPS) is 20.5. The summed E-state index contributed by atoms with van der Waals surface area (Å²) in [6, 6.07) is 6.75. The molecule has 4 rings (SSSR count). The molecule has 0 unspecified atom stereocenters. The average molecular weight is 401 g/mol. The van der Waals surface area contributed by atoms with Gasteiger partial charge in [0.25, 0.3) is 0 Å². The number of sulfonamides is 1. The van der Waals surface area contributed by atoms with Gasteiger partial charge in [-0.25, -0.2) is 13.1 Å². The van der Waals surface area contributed by atoms with Crippen molar-refractivity contribution in [3.8, 4) is 11.1 Å². The molecule has 28 heavy (non-hydrogen) atoms. The minimum atomic E-state index is -3.72. The Morgan fingerprint density at radius 3 is 2.61 bits per heavy atom. The number of pyridine rings is 1. The minimum Gasteiger partial charge on any atom is -0.393 e. The number of aliphatic hydroxyl groups is 1. The molecule has 8 heteroatoms. The highest BCUT2D eigenvalue weighted by Crippen LogP contribution is 2.31. The Hall–Kier alpha value is -2.29. The molecule has 0 bridgehead atoms. The number of hydrogen-bond donors (Lipinski definition) is 2. The van der Waals surface area contributed by atoms with Gasteiger partial charge in [0.1, 0.15) is 5.76 Å². The molecule has 0 radical (unpaired) electrons. The molecule has 1 aliphatic rings. The van der Waals surface area contributed by atoms with Gasteiger partial charge in [-0.1, -0.05) is 11.2 Å². The van der Waals surface area contributed by atoms with Crippen molar-refractivity contribution in [2.24, 2.45) is 0 Å². The number of aliphatic hydroxyl groups excluding tert-OH is 1. The lowest BCUT2D eigenvalue weighted by Crippen LogP contribution is -2.38. The zero-order valence-corrected chi connectivity index (χ0v) is 16.7. The maximum atomic E-state index is 13.1. The third-order valence-corrected chi connectivity index (χ3v) is 6.89. The summed E-state index contributed by atoms with van der Waals surface area (Å²) in [5.74, 6) is 0.665. The van der Waals surface area contributed by atoms with Crippen molar-refractivity contribution >= 4 is 20.9 Å². The van der Waals surface area contributed by atoms with E-state index >= 15 is 0 Å². The number of fused-ring (bicyclic) bond motifs is 1. The zero-order valence-electron chi connectivity index (χ0n) is 15.8. The summed E-state index contributed by atoms with van der Waals surface area (Å²) in [7, 11) is -3.72. The molecule has 0 amide bonds. The lowest BCUT2D eigenvalue weighted by Gasteiger charge is -2.26.